The average Bonchev–Trinajstić information content (AvgIpc) is 3.08. The van der Waals surface area contributed by atoms with E-state index in [0.29, 0.717) is 35.1 Å². The van der Waals surface area contributed by atoms with Crippen LogP contribution in [0.1, 0.15) is 24.5 Å². The number of nitrogens with one attached hydrogen (secondary N) is 1. The van der Waals surface area contributed by atoms with E-state index in [-0.39, 0.29) is 19.0 Å². The Labute approximate surface area is 151 Å². The second-order valence-corrected chi connectivity index (χ2v) is 8.46. The number of alkyl halides is 3. The summed E-state index contributed by atoms with van der Waals surface area (Å²) in [5.41, 5.74) is 1.59. The number of fused-ring (bicyclic) bond motifs is 3. The van der Waals surface area contributed by atoms with E-state index in [0.717, 1.165) is 9.69 Å². The summed E-state index contributed by atoms with van der Waals surface area (Å²) in [5.74, 6) is -2.19. The van der Waals surface area contributed by atoms with Gasteiger partial charge in [-0.2, -0.15) is 18.3 Å². The Bertz CT molecular complexity index is 1100. The van der Waals surface area contributed by atoms with E-state index in [9.17, 15) is 21.6 Å². The zero-order chi connectivity index (χ0) is 19.2. The molecule has 1 saturated heterocycles. The normalized spacial score (nSPS) is 19.7. The second kappa shape index (κ2) is 6.37. The molecule has 0 bridgehead atoms. The Morgan fingerprint density at radius 3 is 2.89 bits per heavy atom. The highest BCUT2D eigenvalue weighted by Gasteiger charge is 2.40. The van der Waals surface area contributed by atoms with Gasteiger partial charge in [0.15, 0.2) is 11.4 Å². The third kappa shape index (κ3) is 3.46. The number of sulfonamides is 1. The molecule has 1 N–H and O–H groups in total. The first kappa shape index (κ1) is 18.0. The minimum absolute atomic E-state index is 0.0480. The van der Waals surface area contributed by atoms with Crippen molar-refractivity contribution in [3.05, 3.63) is 24.2 Å². The standard InChI is InChI=1S/C15H15F3N6O2S/c16-15(17,18)8-27(25,26)24-5-1-2-9(7-24)13-12-10-3-4-19-14(10)23-21-11(12)6-20-22-13/h3-4,6,9,22H,1-2,5,7-8H2. The molecule has 144 valence electrons. The van der Waals surface area contributed by atoms with Crippen LogP contribution in [0.25, 0.3) is 21.9 Å². The fraction of sp³-hybridized carbons (Fsp3) is 0.467. The van der Waals surface area contributed by atoms with Crippen LogP contribution in [0.4, 0.5) is 13.2 Å². The molecule has 0 radical (unpaired) electrons. The number of hydrogen-bond donors (Lipinski definition) is 1. The van der Waals surface area contributed by atoms with E-state index >= 15 is 0 Å². The van der Waals surface area contributed by atoms with Crippen LogP contribution in [0.15, 0.2) is 18.5 Å². The Hall–Kier alpha value is -2.34. The number of hydrogen-bond acceptors (Lipinski definition) is 6. The summed E-state index contributed by atoms with van der Waals surface area (Å²) < 4.78 is 63.1. The van der Waals surface area contributed by atoms with Crippen LogP contribution in [0, 0.1) is 0 Å². The number of H-pyrrole nitrogens is 1. The van der Waals surface area contributed by atoms with Gasteiger partial charge in [-0.25, -0.2) is 17.7 Å². The molecule has 1 fully saturated rings. The zero-order valence-corrected chi connectivity index (χ0v) is 14.8. The highest BCUT2D eigenvalue weighted by atomic mass is 32.2. The van der Waals surface area contributed by atoms with Crippen molar-refractivity contribution in [3.8, 4) is 0 Å². The predicted octanol–water partition coefficient (Wildman–Crippen LogP) is 1.97. The van der Waals surface area contributed by atoms with Crippen LogP contribution < -0.4 is 0 Å². The molecule has 4 rings (SSSR count). The molecule has 4 heterocycles. The van der Waals surface area contributed by atoms with Crippen LogP contribution in [-0.4, -0.2) is 63.1 Å². The maximum atomic E-state index is 12.6. The molecule has 8 nitrogen and oxygen atoms in total. The minimum Gasteiger partial charge on any atom is -0.282 e. The van der Waals surface area contributed by atoms with Crippen molar-refractivity contribution in [1.82, 2.24) is 29.7 Å². The summed E-state index contributed by atoms with van der Waals surface area (Å²) in [6.45, 7) is 0.0217. The number of aromatic nitrogens is 5. The SMILES string of the molecule is O=S(=O)(CC(F)(F)F)N1CCCC(c2[nH]ncc3nnc4nccc4c23)C1. The summed E-state index contributed by atoms with van der Waals surface area (Å²) in [4.78, 5) is 4.11. The van der Waals surface area contributed by atoms with E-state index in [1.165, 1.54) is 6.20 Å². The smallest absolute Gasteiger partial charge is 0.282 e. The monoisotopic (exact) mass is 400 g/mol. The number of piperidine rings is 1. The fourth-order valence-electron chi connectivity index (χ4n) is 3.51. The second-order valence-electron chi connectivity index (χ2n) is 6.49. The van der Waals surface area contributed by atoms with Gasteiger partial charge in [0.1, 0.15) is 5.52 Å². The first-order valence-electron chi connectivity index (χ1n) is 8.23. The number of nitrogens with zero attached hydrogens (tertiary/aromatic N) is 5. The number of aromatic amines is 1. The first-order chi connectivity index (χ1) is 12.7. The average molecular weight is 400 g/mol. The van der Waals surface area contributed by atoms with Gasteiger partial charge in [-0.3, -0.25) is 5.10 Å². The van der Waals surface area contributed by atoms with Crippen LogP contribution in [0.2, 0.25) is 0 Å². The Morgan fingerprint density at radius 2 is 2.11 bits per heavy atom. The maximum Gasteiger partial charge on any atom is 0.404 e. The number of halogens is 3. The van der Waals surface area contributed by atoms with Gasteiger partial charge in [0, 0.05) is 41.7 Å². The lowest BCUT2D eigenvalue weighted by Gasteiger charge is -2.32. The lowest BCUT2D eigenvalue weighted by Crippen LogP contribution is -2.43. The van der Waals surface area contributed by atoms with Crippen molar-refractivity contribution in [2.24, 2.45) is 0 Å². The Morgan fingerprint density at radius 1 is 1.30 bits per heavy atom. The van der Waals surface area contributed by atoms with Gasteiger partial charge in [-0.15, -0.1) is 10.2 Å². The lowest BCUT2D eigenvalue weighted by molar-refractivity contribution is -0.107. The molecule has 0 saturated carbocycles. The Kier molecular flexibility index (Phi) is 4.26. The van der Waals surface area contributed by atoms with E-state index in [1.54, 1.807) is 12.3 Å². The van der Waals surface area contributed by atoms with Crippen molar-refractivity contribution in [3.63, 3.8) is 0 Å². The molecule has 0 spiro atoms. The van der Waals surface area contributed by atoms with Gasteiger partial charge < -0.3 is 0 Å². The largest absolute Gasteiger partial charge is 0.404 e. The van der Waals surface area contributed by atoms with Crippen molar-refractivity contribution in [2.45, 2.75) is 24.9 Å². The van der Waals surface area contributed by atoms with Gasteiger partial charge >= 0.3 is 6.18 Å². The Balaban J connectivity index is 1.73. The van der Waals surface area contributed by atoms with E-state index < -0.39 is 22.0 Å². The van der Waals surface area contributed by atoms with Gasteiger partial charge in [0.2, 0.25) is 10.0 Å². The molecule has 1 atom stereocenters. The van der Waals surface area contributed by atoms with E-state index in [4.69, 9.17) is 0 Å². The first-order valence-corrected chi connectivity index (χ1v) is 9.84. The molecule has 0 aromatic carbocycles. The van der Waals surface area contributed by atoms with Gasteiger partial charge in [0.25, 0.3) is 0 Å². The summed E-state index contributed by atoms with van der Waals surface area (Å²) in [7, 11) is -4.43. The number of rotatable bonds is 3. The van der Waals surface area contributed by atoms with Crippen LogP contribution >= 0.6 is 0 Å². The molecule has 1 unspecified atom stereocenters. The van der Waals surface area contributed by atoms with E-state index in [1.807, 2.05) is 0 Å². The molecular formula is C15H15F3N6O2S. The maximum absolute atomic E-state index is 12.6. The fourth-order valence-corrected chi connectivity index (χ4v) is 4.92. The molecule has 12 heteroatoms. The summed E-state index contributed by atoms with van der Waals surface area (Å²) in [5, 5.41) is 16.5. The highest BCUT2D eigenvalue weighted by molar-refractivity contribution is 7.89. The zero-order valence-electron chi connectivity index (χ0n) is 13.9. The van der Waals surface area contributed by atoms with E-state index in [2.05, 4.69) is 25.4 Å². The van der Waals surface area contributed by atoms with Crippen molar-refractivity contribution in [1.29, 1.82) is 0 Å². The summed E-state index contributed by atoms with van der Waals surface area (Å²) >= 11 is 0. The van der Waals surface area contributed by atoms with Crippen molar-refractivity contribution >= 4 is 32.0 Å². The van der Waals surface area contributed by atoms with Crippen LogP contribution in [0.5, 0.6) is 0 Å². The third-order valence-corrected chi connectivity index (χ3v) is 6.44. The lowest BCUT2D eigenvalue weighted by atomic mass is 9.93. The van der Waals surface area contributed by atoms with Crippen molar-refractivity contribution in [2.75, 3.05) is 18.8 Å². The molecule has 27 heavy (non-hydrogen) atoms. The third-order valence-electron chi connectivity index (χ3n) is 4.63. The summed E-state index contributed by atoms with van der Waals surface area (Å²) in [6.07, 6.45) is -0.620. The van der Waals surface area contributed by atoms with Crippen LogP contribution in [-0.2, 0) is 10.0 Å². The topological polar surface area (TPSA) is 105 Å². The predicted molar refractivity (Wildman–Crippen MR) is 90.4 cm³/mol. The van der Waals surface area contributed by atoms with Crippen molar-refractivity contribution < 1.29 is 21.6 Å². The minimum atomic E-state index is -4.78. The highest BCUT2D eigenvalue weighted by Crippen LogP contribution is 2.34. The molecular weight excluding hydrogens is 385 g/mol. The van der Waals surface area contributed by atoms with Gasteiger partial charge in [-0.05, 0) is 18.9 Å². The molecule has 3 aromatic rings. The molecule has 3 aromatic heterocycles. The van der Waals surface area contributed by atoms with Gasteiger partial charge in [0.05, 0.1) is 6.20 Å². The molecule has 0 aliphatic carbocycles. The quantitative estimate of drug-likeness (QED) is 0.721. The van der Waals surface area contributed by atoms with Crippen LogP contribution in [0.3, 0.4) is 0 Å². The summed E-state index contributed by atoms with van der Waals surface area (Å²) in [6, 6.07) is 1.77. The molecule has 1 aliphatic rings. The molecule has 1 aliphatic heterocycles. The van der Waals surface area contributed by atoms with Gasteiger partial charge in [-0.1, -0.05) is 0 Å². The molecule has 0 amide bonds.